The van der Waals surface area contributed by atoms with E-state index in [0.717, 1.165) is 43.7 Å². The molecule has 3 heteroatoms. The maximum absolute atomic E-state index is 11.7. The summed E-state index contributed by atoms with van der Waals surface area (Å²) in [7, 11) is 0. The molecule has 21 heavy (non-hydrogen) atoms. The topological polar surface area (TPSA) is 40.5 Å². The van der Waals surface area contributed by atoms with Gasteiger partial charge in [-0.2, -0.15) is 0 Å². The Morgan fingerprint density at radius 2 is 1.62 bits per heavy atom. The van der Waals surface area contributed by atoms with Gasteiger partial charge < -0.3 is 5.11 Å². The Hall–Kier alpha value is -0.570. The van der Waals surface area contributed by atoms with Gasteiger partial charge in [-0.05, 0) is 81.1 Å². The van der Waals surface area contributed by atoms with Gasteiger partial charge in [-0.25, -0.2) is 0 Å². The fraction of sp³-hybridized carbons (Fsp3) is 0.944. The molecule has 0 aromatic heterocycles. The number of aliphatic carboxylic acids is 1. The third kappa shape index (κ3) is 2.62. The molecule has 1 unspecified atom stereocenters. The van der Waals surface area contributed by atoms with Crippen molar-refractivity contribution >= 4 is 5.97 Å². The van der Waals surface area contributed by atoms with Gasteiger partial charge in [0.05, 0.1) is 0 Å². The SMILES string of the molecule is O=C(O)C1CCCCCN1CC12CC3CC(CC(C3)C1)C2. The van der Waals surface area contributed by atoms with Gasteiger partial charge in [-0.1, -0.05) is 12.8 Å². The first-order valence-electron chi connectivity index (χ1n) is 9.10. The lowest BCUT2D eigenvalue weighted by Gasteiger charge is -2.58. The van der Waals surface area contributed by atoms with Gasteiger partial charge in [0.1, 0.15) is 6.04 Å². The van der Waals surface area contributed by atoms with E-state index in [9.17, 15) is 9.90 Å². The highest BCUT2D eigenvalue weighted by Gasteiger charge is 2.51. The molecule has 5 aliphatic rings. The van der Waals surface area contributed by atoms with Crippen LogP contribution in [0.25, 0.3) is 0 Å². The molecule has 3 nitrogen and oxygen atoms in total. The van der Waals surface area contributed by atoms with Crippen LogP contribution in [0.4, 0.5) is 0 Å². The quantitative estimate of drug-likeness (QED) is 0.864. The van der Waals surface area contributed by atoms with Crippen LogP contribution in [-0.4, -0.2) is 35.1 Å². The van der Waals surface area contributed by atoms with E-state index >= 15 is 0 Å². The molecule has 0 amide bonds. The van der Waals surface area contributed by atoms with E-state index in [1.165, 1.54) is 51.4 Å². The molecule has 0 aromatic carbocycles. The number of rotatable bonds is 3. The number of likely N-dealkylation sites (tertiary alicyclic amines) is 1. The van der Waals surface area contributed by atoms with E-state index in [1.54, 1.807) is 0 Å². The van der Waals surface area contributed by atoms with E-state index < -0.39 is 5.97 Å². The maximum Gasteiger partial charge on any atom is 0.320 e. The first-order chi connectivity index (χ1) is 10.1. The highest BCUT2D eigenvalue weighted by Crippen LogP contribution is 2.60. The smallest absolute Gasteiger partial charge is 0.320 e. The number of carbonyl (C=O) groups is 1. The second-order valence-corrected chi connectivity index (χ2v) is 8.59. The van der Waals surface area contributed by atoms with Crippen molar-refractivity contribution in [1.82, 2.24) is 4.90 Å². The predicted octanol–water partition coefficient (Wildman–Crippen LogP) is 3.53. The molecule has 5 rings (SSSR count). The van der Waals surface area contributed by atoms with Crippen LogP contribution in [0.15, 0.2) is 0 Å². The minimum absolute atomic E-state index is 0.208. The molecular weight excluding hydrogens is 262 g/mol. The molecule has 0 radical (unpaired) electrons. The molecule has 4 bridgehead atoms. The summed E-state index contributed by atoms with van der Waals surface area (Å²) in [6.07, 6.45) is 12.9. The Balaban J connectivity index is 1.52. The number of carboxylic acids is 1. The van der Waals surface area contributed by atoms with Crippen molar-refractivity contribution in [2.45, 2.75) is 70.3 Å². The minimum atomic E-state index is -0.582. The summed E-state index contributed by atoms with van der Waals surface area (Å²) in [5.41, 5.74) is 0.479. The molecule has 5 fully saturated rings. The van der Waals surface area contributed by atoms with Gasteiger partial charge >= 0.3 is 5.97 Å². The van der Waals surface area contributed by atoms with Crippen LogP contribution in [0.1, 0.15) is 64.2 Å². The lowest BCUT2D eigenvalue weighted by atomic mass is 9.49. The van der Waals surface area contributed by atoms with Crippen molar-refractivity contribution in [3.63, 3.8) is 0 Å². The molecule has 1 heterocycles. The molecule has 1 N–H and O–H groups in total. The first kappa shape index (κ1) is 14.0. The summed E-state index contributed by atoms with van der Waals surface area (Å²) in [4.78, 5) is 14.0. The lowest BCUT2D eigenvalue weighted by molar-refractivity contribution is -0.145. The number of nitrogens with zero attached hydrogens (tertiary/aromatic N) is 1. The van der Waals surface area contributed by atoms with Gasteiger partial charge in [0, 0.05) is 6.54 Å². The van der Waals surface area contributed by atoms with Crippen LogP contribution >= 0.6 is 0 Å². The van der Waals surface area contributed by atoms with Crippen LogP contribution in [0.5, 0.6) is 0 Å². The van der Waals surface area contributed by atoms with Crippen LogP contribution in [-0.2, 0) is 4.79 Å². The van der Waals surface area contributed by atoms with Crippen molar-refractivity contribution in [3.05, 3.63) is 0 Å². The fourth-order valence-corrected chi connectivity index (χ4v) is 6.55. The van der Waals surface area contributed by atoms with Gasteiger partial charge in [0.2, 0.25) is 0 Å². The highest BCUT2D eigenvalue weighted by molar-refractivity contribution is 5.73. The maximum atomic E-state index is 11.7. The van der Waals surface area contributed by atoms with Crippen molar-refractivity contribution in [1.29, 1.82) is 0 Å². The summed E-state index contributed by atoms with van der Waals surface area (Å²) in [5.74, 6) is 2.31. The number of carboxylic acid groups (broad SMARTS) is 1. The van der Waals surface area contributed by atoms with Crippen molar-refractivity contribution < 1.29 is 9.90 Å². The van der Waals surface area contributed by atoms with E-state index in [1.807, 2.05) is 0 Å². The Kier molecular flexibility index (Phi) is 3.52. The molecule has 4 saturated carbocycles. The molecule has 4 aliphatic carbocycles. The Morgan fingerprint density at radius 3 is 2.19 bits per heavy atom. The second-order valence-electron chi connectivity index (χ2n) is 8.59. The summed E-state index contributed by atoms with van der Waals surface area (Å²) < 4.78 is 0. The summed E-state index contributed by atoms with van der Waals surface area (Å²) in [5, 5.41) is 9.60. The van der Waals surface area contributed by atoms with Crippen LogP contribution < -0.4 is 0 Å². The van der Waals surface area contributed by atoms with E-state index in [4.69, 9.17) is 0 Å². The summed E-state index contributed by atoms with van der Waals surface area (Å²) in [6.45, 7) is 2.09. The molecule has 0 aromatic rings. The molecule has 0 spiro atoms. The third-order valence-corrected chi connectivity index (χ3v) is 6.85. The minimum Gasteiger partial charge on any atom is -0.480 e. The summed E-state index contributed by atoms with van der Waals surface area (Å²) >= 11 is 0. The zero-order chi connectivity index (χ0) is 14.4. The molecule has 1 aliphatic heterocycles. The van der Waals surface area contributed by atoms with E-state index in [0.29, 0.717) is 5.41 Å². The Labute approximate surface area is 128 Å². The standard InChI is InChI=1S/C18H29NO2/c20-17(21)16-4-2-1-3-5-19(16)12-18-9-13-6-14(10-18)8-15(7-13)11-18/h13-16H,1-12H2,(H,20,21). The fourth-order valence-electron chi connectivity index (χ4n) is 6.55. The van der Waals surface area contributed by atoms with Crippen molar-refractivity contribution in [3.8, 4) is 0 Å². The zero-order valence-corrected chi connectivity index (χ0v) is 13.1. The molecule has 1 atom stereocenters. The Bertz CT molecular complexity index is 384. The van der Waals surface area contributed by atoms with Gasteiger partial charge in [-0.15, -0.1) is 0 Å². The summed E-state index contributed by atoms with van der Waals surface area (Å²) in [6, 6.07) is -0.208. The predicted molar refractivity (Wildman–Crippen MR) is 82.1 cm³/mol. The van der Waals surface area contributed by atoms with Crippen LogP contribution in [0.2, 0.25) is 0 Å². The largest absolute Gasteiger partial charge is 0.480 e. The van der Waals surface area contributed by atoms with Crippen LogP contribution in [0, 0.1) is 23.2 Å². The third-order valence-electron chi connectivity index (χ3n) is 6.85. The second kappa shape index (κ2) is 5.26. The average Bonchev–Trinajstić information content (AvgIpc) is 2.61. The normalized spacial score (nSPS) is 46.5. The number of hydrogen-bond donors (Lipinski definition) is 1. The lowest BCUT2D eigenvalue weighted by Crippen LogP contribution is -2.54. The average molecular weight is 291 g/mol. The number of hydrogen-bond acceptors (Lipinski definition) is 2. The Morgan fingerprint density at radius 1 is 1.00 bits per heavy atom. The van der Waals surface area contributed by atoms with E-state index in [-0.39, 0.29) is 6.04 Å². The zero-order valence-electron chi connectivity index (χ0n) is 13.1. The van der Waals surface area contributed by atoms with Crippen LogP contribution in [0.3, 0.4) is 0 Å². The van der Waals surface area contributed by atoms with Gasteiger partial charge in [0.15, 0.2) is 0 Å². The highest BCUT2D eigenvalue weighted by atomic mass is 16.4. The van der Waals surface area contributed by atoms with Crippen molar-refractivity contribution in [2.75, 3.05) is 13.1 Å². The van der Waals surface area contributed by atoms with E-state index in [2.05, 4.69) is 4.90 Å². The van der Waals surface area contributed by atoms with Gasteiger partial charge in [-0.3, -0.25) is 9.69 Å². The first-order valence-corrected chi connectivity index (χ1v) is 9.10. The molecule has 118 valence electrons. The molecule has 1 saturated heterocycles. The molecular formula is C18H29NO2. The van der Waals surface area contributed by atoms with Crippen molar-refractivity contribution in [2.24, 2.45) is 23.2 Å². The monoisotopic (exact) mass is 291 g/mol. The van der Waals surface area contributed by atoms with Gasteiger partial charge in [0.25, 0.3) is 0 Å².